The zero-order chi connectivity index (χ0) is 27.8. The molecule has 198 valence electrons. The normalized spacial score (nSPS) is 11.0. The molecule has 0 saturated heterocycles. The average Bonchev–Trinajstić information content (AvgIpc) is 3.51. The molecule has 14 nitrogen and oxygen atoms in total. The zero-order valence-corrected chi connectivity index (χ0v) is 21.3. The van der Waals surface area contributed by atoms with E-state index in [-0.39, 0.29) is 39.9 Å². The lowest BCUT2D eigenvalue weighted by atomic mass is 10.1. The fourth-order valence-corrected chi connectivity index (χ4v) is 4.12. The van der Waals surface area contributed by atoms with E-state index in [1.165, 1.54) is 37.2 Å². The zero-order valence-electron chi connectivity index (χ0n) is 21.3. The number of carbonyl (C=O) groups is 1. The van der Waals surface area contributed by atoms with E-state index < -0.39 is 22.1 Å². The van der Waals surface area contributed by atoms with Crippen LogP contribution < -0.4 is 20.3 Å². The van der Waals surface area contributed by atoms with E-state index in [4.69, 9.17) is 9.47 Å². The smallest absolute Gasteiger partial charge is 0.286 e. The Balaban J connectivity index is 1.59. The highest BCUT2D eigenvalue weighted by Crippen LogP contribution is 2.35. The number of nitrogens with one attached hydrogen (secondary N) is 2. The number of nitrogens with zero attached hydrogens (tertiary/aromatic N) is 6. The van der Waals surface area contributed by atoms with Crippen molar-refractivity contribution in [1.82, 2.24) is 29.5 Å². The van der Waals surface area contributed by atoms with Gasteiger partial charge in [-0.1, -0.05) is 18.2 Å². The Hall–Kier alpha value is -5.53. The molecule has 0 unspecified atom stereocenters. The van der Waals surface area contributed by atoms with Gasteiger partial charge in [0, 0.05) is 12.1 Å². The topological polar surface area (TPSA) is 172 Å². The summed E-state index contributed by atoms with van der Waals surface area (Å²) in [6, 6.07) is 11.4. The highest BCUT2D eigenvalue weighted by molar-refractivity contribution is 6.07. The molecule has 3 aromatic heterocycles. The number of H-pyrrole nitrogens is 1. The highest BCUT2D eigenvalue weighted by atomic mass is 16.6. The molecule has 0 spiro atoms. The Labute approximate surface area is 220 Å². The number of benzene rings is 2. The number of anilines is 1. The number of hydrogen-bond donors (Lipinski definition) is 2. The third-order valence-electron chi connectivity index (χ3n) is 5.99. The predicted octanol–water partition coefficient (Wildman–Crippen LogP) is 3.09. The first-order valence-corrected chi connectivity index (χ1v) is 11.5. The summed E-state index contributed by atoms with van der Waals surface area (Å²) in [5.41, 5.74) is 1.22. The number of aromatic nitrogens is 6. The number of methoxy groups -OCH3 is 2. The fourth-order valence-electron chi connectivity index (χ4n) is 4.12. The molecule has 0 fully saturated rings. The second-order valence-corrected chi connectivity index (χ2v) is 8.49. The monoisotopic (exact) mass is 530 g/mol. The van der Waals surface area contributed by atoms with E-state index in [9.17, 15) is 19.7 Å². The Bertz CT molecular complexity index is 1820. The van der Waals surface area contributed by atoms with Gasteiger partial charge in [-0.3, -0.25) is 24.7 Å². The molecule has 2 aromatic carbocycles. The molecule has 0 bridgehead atoms. The summed E-state index contributed by atoms with van der Waals surface area (Å²) in [6.07, 6.45) is 1.42. The van der Waals surface area contributed by atoms with Crippen LogP contribution in [0, 0.1) is 24.0 Å². The van der Waals surface area contributed by atoms with Crippen molar-refractivity contribution >= 4 is 28.4 Å². The molecular formula is C25H22N8O6. The first-order valence-electron chi connectivity index (χ1n) is 11.5. The second kappa shape index (κ2) is 9.74. The summed E-state index contributed by atoms with van der Waals surface area (Å²) >= 11 is 0. The molecule has 0 aliphatic carbocycles. The van der Waals surface area contributed by atoms with E-state index in [0.717, 1.165) is 17.3 Å². The summed E-state index contributed by atoms with van der Waals surface area (Å²) in [6.45, 7) is 3.59. The van der Waals surface area contributed by atoms with E-state index in [0.29, 0.717) is 5.69 Å². The van der Waals surface area contributed by atoms with Crippen LogP contribution in [0.1, 0.15) is 21.6 Å². The van der Waals surface area contributed by atoms with Gasteiger partial charge in [-0.15, -0.1) is 0 Å². The van der Waals surface area contributed by atoms with Gasteiger partial charge in [0.05, 0.1) is 42.8 Å². The molecule has 1 amide bonds. The maximum absolute atomic E-state index is 13.3. The number of aryl methyl sites for hydroxylation is 2. The van der Waals surface area contributed by atoms with Crippen LogP contribution in [0.3, 0.4) is 0 Å². The van der Waals surface area contributed by atoms with Gasteiger partial charge in [0.1, 0.15) is 16.8 Å². The van der Waals surface area contributed by atoms with Crippen molar-refractivity contribution in [2.45, 2.75) is 13.8 Å². The minimum Gasteiger partial charge on any atom is -0.493 e. The third kappa shape index (κ3) is 4.43. The molecule has 0 atom stereocenters. The summed E-state index contributed by atoms with van der Waals surface area (Å²) in [7, 11) is 2.68. The lowest BCUT2D eigenvalue weighted by Gasteiger charge is -2.12. The van der Waals surface area contributed by atoms with Crippen molar-refractivity contribution in [3.8, 4) is 23.1 Å². The summed E-state index contributed by atoms with van der Waals surface area (Å²) < 4.78 is 13.1. The van der Waals surface area contributed by atoms with Crippen molar-refractivity contribution in [2.24, 2.45) is 0 Å². The molecule has 14 heteroatoms. The number of nitro groups is 1. The fraction of sp³-hybridized carbons (Fsp3) is 0.160. The first kappa shape index (κ1) is 25.1. The molecule has 3 heterocycles. The maximum Gasteiger partial charge on any atom is 0.286 e. The summed E-state index contributed by atoms with van der Waals surface area (Å²) in [4.78, 5) is 44.4. The van der Waals surface area contributed by atoms with Gasteiger partial charge in [-0.05, 0) is 25.5 Å². The Morgan fingerprint density at radius 2 is 1.79 bits per heavy atom. The summed E-state index contributed by atoms with van der Waals surface area (Å²) in [5, 5.41) is 23.3. The number of carbonyl (C=O) groups excluding carboxylic acids is 1. The van der Waals surface area contributed by atoms with Gasteiger partial charge >= 0.3 is 0 Å². The van der Waals surface area contributed by atoms with Crippen LogP contribution in [0.15, 0.2) is 53.5 Å². The molecule has 39 heavy (non-hydrogen) atoms. The Morgan fingerprint density at radius 3 is 2.49 bits per heavy atom. The van der Waals surface area contributed by atoms with Gasteiger partial charge in [0.25, 0.3) is 17.2 Å². The molecule has 2 N–H and O–H groups in total. The van der Waals surface area contributed by atoms with Crippen molar-refractivity contribution in [3.63, 3.8) is 0 Å². The minimum absolute atomic E-state index is 0.00745. The maximum atomic E-state index is 13.3. The summed E-state index contributed by atoms with van der Waals surface area (Å²) in [5.74, 6) is -0.447. The number of aromatic amines is 1. The lowest BCUT2D eigenvalue weighted by Crippen LogP contribution is -2.20. The number of hydrogen-bond acceptors (Lipinski definition) is 9. The standard InChI is InChI=1S/C25H22N8O6/c1-13-7-5-6-8-17(13)31-22-16(12-26-31)24(35)29-25(28-22)32-21(9-14(2)30-32)27-23(34)15-10-19(38-3)20(39-4)11-18(15)33(36)37/h5-12H,1-4H3,(H,27,34)(H,28,29,35). The van der Waals surface area contributed by atoms with E-state index in [2.05, 4.69) is 25.5 Å². The largest absolute Gasteiger partial charge is 0.493 e. The molecule has 0 radical (unpaired) electrons. The Morgan fingerprint density at radius 1 is 1.08 bits per heavy atom. The van der Waals surface area contributed by atoms with Crippen LogP contribution >= 0.6 is 0 Å². The molecule has 5 rings (SSSR count). The van der Waals surface area contributed by atoms with Crippen molar-refractivity contribution < 1.29 is 19.2 Å². The number of para-hydroxylation sites is 1. The third-order valence-corrected chi connectivity index (χ3v) is 5.99. The van der Waals surface area contributed by atoms with E-state index in [1.807, 2.05) is 31.2 Å². The molecule has 0 aliphatic heterocycles. The van der Waals surface area contributed by atoms with Crippen molar-refractivity contribution in [1.29, 1.82) is 0 Å². The SMILES string of the molecule is COc1cc(C(=O)Nc2cc(C)nn2-c2nc3c(cnn3-c3ccccc3C)c(=O)[nH]2)c([N+](=O)[O-])cc1OC. The van der Waals surface area contributed by atoms with E-state index >= 15 is 0 Å². The lowest BCUT2D eigenvalue weighted by molar-refractivity contribution is -0.385. The van der Waals surface area contributed by atoms with Gasteiger partial charge in [0.15, 0.2) is 17.1 Å². The molecular weight excluding hydrogens is 508 g/mol. The quantitative estimate of drug-likeness (QED) is 0.237. The first-order chi connectivity index (χ1) is 18.7. The number of nitro benzene ring substituents is 1. The number of fused-ring (bicyclic) bond motifs is 1. The predicted molar refractivity (Wildman–Crippen MR) is 140 cm³/mol. The van der Waals surface area contributed by atoms with Crippen LogP contribution in [0.4, 0.5) is 11.5 Å². The highest BCUT2D eigenvalue weighted by Gasteiger charge is 2.26. The molecule has 5 aromatic rings. The van der Waals surface area contributed by atoms with Gasteiger partial charge < -0.3 is 14.8 Å². The Kier molecular flexibility index (Phi) is 6.27. The molecule has 0 aliphatic rings. The number of ether oxygens (including phenoxy) is 2. The minimum atomic E-state index is -0.808. The number of amides is 1. The van der Waals surface area contributed by atoms with E-state index in [1.54, 1.807) is 11.6 Å². The van der Waals surface area contributed by atoms with Crippen LogP contribution in [-0.2, 0) is 0 Å². The van der Waals surface area contributed by atoms with Crippen LogP contribution in [0.25, 0.3) is 22.7 Å². The van der Waals surface area contributed by atoms with Gasteiger partial charge in [0.2, 0.25) is 5.95 Å². The van der Waals surface area contributed by atoms with Gasteiger partial charge in [-0.2, -0.15) is 19.9 Å². The molecule has 0 saturated carbocycles. The van der Waals surface area contributed by atoms with Crippen LogP contribution in [-0.4, -0.2) is 54.6 Å². The van der Waals surface area contributed by atoms with Gasteiger partial charge in [-0.25, -0.2) is 4.68 Å². The van der Waals surface area contributed by atoms with Crippen LogP contribution in [0.5, 0.6) is 11.5 Å². The average molecular weight is 531 g/mol. The van der Waals surface area contributed by atoms with Crippen molar-refractivity contribution in [3.05, 3.63) is 86.0 Å². The number of rotatable bonds is 7. The second-order valence-electron chi connectivity index (χ2n) is 8.49. The van der Waals surface area contributed by atoms with Crippen molar-refractivity contribution in [2.75, 3.05) is 19.5 Å². The van der Waals surface area contributed by atoms with Crippen LogP contribution in [0.2, 0.25) is 0 Å².